The molecule has 5 heteroatoms. The van der Waals surface area contributed by atoms with Crippen LogP contribution in [0.25, 0.3) is 22.4 Å². The Hall–Kier alpha value is -2.82. The quantitative estimate of drug-likeness (QED) is 0.754. The Balaban J connectivity index is 1.88. The van der Waals surface area contributed by atoms with Crippen LogP contribution in [0.2, 0.25) is 0 Å². The van der Waals surface area contributed by atoms with E-state index >= 15 is 0 Å². The molecule has 0 radical (unpaired) electrons. The monoisotopic (exact) mass is 309 g/mol. The van der Waals surface area contributed by atoms with Crippen molar-refractivity contribution in [2.45, 2.75) is 13.5 Å². The van der Waals surface area contributed by atoms with Gasteiger partial charge in [0.2, 0.25) is 0 Å². The molecular weight excluding hydrogens is 293 g/mol. The van der Waals surface area contributed by atoms with Crippen LogP contribution in [0.4, 0.5) is 10.1 Å². The fourth-order valence-corrected chi connectivity index (χ4v) is 3.16. The number of benzene rings is 2. The predicted octanol–water partition coefficient (Wildman–Crippen LogP) is 3.93. The highest BCUT2D eigenvalue weighted by atomic mass is 19.1. The van der Waals surface area contributed by atoms with E-state index in [-0.39, 0.29) is 5.75 Å². The summed E-state index contributed by atoms with van der Waals surface area (Å²) in [5.74, 6) is -0.493. The first-order chi connectivity index (χ1) is 11.2. The van der Waals surface area contributed by atoms with E-state index in [2.05, 4.69) is 22.0 Å². The maximum Gasteiger partial charge on any atom is 0.126 e. The van der Waals surface area contributed by atoms with Crippen molar-refractivity contribution >= 4 is 5.69 Å². The minimum Gasteiger partial charge on any atom is -0.507 e. The van der Waals surface area contributed by atoms with E-state index in [0.29, 0.717) is 5.56 Å². The second-order valence-electron chi connectivity index (χ2n) is 5.68. The zero-order valence-corrected chi connectivity index (χ0v) is 12.7. The van der Waals surface area contributed by atoms with Gasteiger partial charge in [-0.3, -0.25) is 5.10 Å². The van der Waals surface area contributed by atoms with Gasteiger partial charge in [0.1, 0.15) is 11.6 Å². The zero-order chi connectivity index (χ0) is 16.0. The Morgan fingerprint density at radius 2 is 2.04 bits per heavy atom. The molecule has 116 valence electrons. The van der Waals surface area contributed by atoms with Crippen molar-refractivity contribution in [1.82, 2.24) is 10.2 Å². The Morgan fingerprint density at radius 3 is 2.83 bits per heavy atom. The summed E-state index contributed by atoms with van der Waals surface area (Å²) in [6.45, 7) is 3.78. The van der Waals surface area contributed by atoms with E-state index in [1.165, 1.54) is 11.6 Å². The highest BCUT2D eigenvalue weighted by Gasteiger charge is 2.23. The molecule has 2 heterocycles. The molecule has 0 saturated carbocycles. The summed E-state index contributed by atoms with van der Waals surface area (Å²) >= 11 is 0. The molecule has 4 nitrogen and oxygen atoms in total. The molecule has 0 aliphatic carbocycles. The highest BCUT2D eigenvalue weighted by molar-refractivity contribution is 5.86. The van der Waals surface area contributed by atoms with Crippen LogP contribution in [-0.2, 0) is 6.54 Å². The molecule has 0 bridgehead atoms. The van der Waals surface area contributed by atoms with Crippen molar-refractivity contribution in [3.8, 4) is 28.1 Å². The van der Waals surface area contributed by atoms with Gasteiger partial charge >= 0.3 is 0 Å². The first-order valence-corrected chi connectivity index (χ1v) is 7.58. The average Bonchev–Trinajstić information content (AvgIpc) is 3.02. The number of phenolic OH excluding ortho intramolecular Hbond substituents is 1. The summed E-state index contributed by atoms with van der Waals surface area (Å²) in [4.78, 5) is 2.26. The molecule has 0 spiro atoms. The Labute approximate surface area is 133 Å². The maximum absolute atomic E-state index is 13.2. The maximum atomic E-state index is 13.2. The zero-order valence-electron chi connectivity index (χ0n) is 12.7. The predicted molar refractivity (Wildman–Crippen MR) is 87.8 cm³/mol. The summed E-state index contributed by atoms with van der Waals surface area (Å²) in [6, 6.07) is 10.1. The van der Waals surface area contributed by atoms with Crippen LogP contribution in [0.3, 0.4) is 0 Å². The molecule has 0 fully saturated rings. The lowest BCUT2D eigenvalue weighted by Crippen LogP contribution is -2.25. The van der Waals surface area contributed by atoms with Crippen LogP contribution in [0.5, 0.6) is 5.75 Å². The second kappa shape index (κ2) is 5.12. The summed E-state index contributed by atoms with van der Waals surface area (Å²) in [7, 11) is 0. The molecule has 2 N–H and O–H groups in total. The fourth-order valence-electron chi connectivity index (χ4n) is 3.16. The van der Waals surface area contributed by atoms with E-state index in [1.807, 2.05) is 24.4 Å². The van der Waals surface area contributed by atoms with Gasteiger partial charge in [-0.15, -0.1) is 0 Å². The number of aromatic hydroxyl groups is 1. The average molecular weight is 309 g/mol. The van der Waals surface area contributed by atoms with E-state index in [0.717, 1.165) is 41.7 Å². The molecule has 0 unspecified atom stereocenters. The molecule has 4 rings (SSSR count). The molecule has 1 aliphatic rings. The minimum absolute atomic E-state index is 0.0500. The first kappa shape index (κ1) is 13.8. The number of anilines is 1. The largest absolute Gasteiger partial charge is 0.507 e. The number of hydrogen-bond acceptors (Lipinski definition) is 3. The third kappa shape index (κ3) is 2.16. The van der Waals surface area contributed by atoms with Crippen LogP contribution in [0, 0.1) is 5.82 Å². The lowest BCUT2D eigenvalue weighted by atomic mass is 9.95. The van der Waals surface area contributed by atoms with Crippen LogP contribution in [-0.4, -0.2) is 21.8 Å². The SMILES string of the molecule is CCN1Cc2cn[nH]c2-c2ccc(-c3ccc(F)cc3O)cc21. The smallest absolute Gasteiger partial charge is 0.126 e. The van der Waals surface area contributed by atoms with Gasteiger partial charge < -0.3 is 10.0 Å². The van der Waals surface area contributed by atoms with Gasteiger partial charge in [0.15, 0.2) is 0 Å². The molecule has 1 aliphatic heterocycles. The van der Waals surface area contributed by atoms with Crippen LogP contribution in [0.1, 0.15) is 12.5 Å². The molecule has 0 atom stereocenters. The van der Waals surface area contributed by atoms with Crippen molar-refractivity contribution in [2.24, 2.45) is 0 Å². The van der Waals surface area contributed by atoms with Gasteiger partial charge in [0.05, 0.1) is 11.9 Å². The molecule has 0 amide bonds. The molecule has 3 aromatic rings. The Kier molecular flexibility index (Phi) is 3.08. The summed E-state index contributed by atoms with van der Waals surface area (Å²) in [5.41, 5.74) is 5.89. The van der Waals surface area contributed by atoms with Gasteiger partial charge in [0, 0.05) is 41.5 Å². The number of nitrogens with one attached hydrogen (secondary N) is 1. The van der Waals surface area contributed by atoms with Crippen molar-refractivity contribution in [1.29, 1.82) is 0 Å². The highest BCUT2D eigenvalue weighted by Crippen LogP contribution is 2.41. The lowest BCUT2D eigenvalue weighted by molar-refractivity contribution is 0.471. The molecular formula is C18H16FN3O. The van der Waals surface area contributed by atoms with Crippen molar-refractivity contribution in [3.63, 3.8) is 0 Å². The van der Waals surface area contributed by atoms with Crippen LogP contribution in [0.15, 0.2) is 42.6 Å². The Morgan fingerprint density at radius 1 is 1.22 bits per heavy atom. The molecule has 1 aromatic heterocycles. The van der Waals surface area contributed by atoms with Crippen molar-refractivity contribution in [2.75, 3.05) is 11.4 Å². The Bertz CT molecular complexity index is 888. The van der Waals surface area contributed by atoms with Crippen LogP contribution >= 0.6 is 0 Å². The van der Waals surface area contributed by atoms with Crippen molar-refractivity contribution < 1.29 is 9.50 Å². The molecule has 0 saturated heterocycles. The molecule has 2 aromatic carbocycles. The fraction of sp³-hybridized carbons (Fsp3) is 0.167. The summed E-state index contributed by atoms with van der Waals surface area (Å²) < 4.78 is 13.2. The first-order valence-electron chi connectivity index (χ1n) is 7.58. The van der Waals surface area contributed by atoms with E-state index < -0.39 is 5.82 Å². The summed E-state index contributed by atoms with van der Waals surface area (Å²) in [6.07, 6.45) is 1.86. The topological polar surface area (TPSA) is 52.2 Å². The second-order valence-corrected chi connectivity index (χ2v) is 5.68. The lowest BCUT2D eigenvalue weighted by Gasteiger charge is -2.30. The number of aromatic nitrogens is 2. The number of halogens is 1. The number of rotatable bonds is 2. The standard InChI is InChI=1S/C18H16FN3O/c1-2-22-10-12-9-20-21-18(12)15-5-3-11(7-16(15)22)14-6-4-13(19)8-17(14)23/h3-9,23H,2,10H2,1H3,(H,20,21). The van der Waals surface area contributed by atoms with Crippen LogP contribution < -0.4 is 4.90 Å². The van der Waals surface area contributed by atoms with Gasteiger partial charge in [-0.1, -0.05) is 12.1 Å². The van der Waals surface area contributed by atoms with E-state index in [9.17, 15) is 9.50 Å². The summed E-state index contributed by atoms with van der Waals surface area (Å²) in [5, 5.41) is 17.2. The number of hydrogen-bond donors (Lipinski definition) is 2. The number of phenols is 1. The van der Waals surface area contributed by atoms with E-state index in [1.54, 1.807) is 6.07 Å². The third-order valence-corrected chi connectivity index (χ3v) is 4.34. The van der Waals surface area contributed by atoms with E-state index in [4.69, 9.17) is 0 Å². The van der Waals surface area contributed by atoms with Crippen molar-refractivity contribution in [3.05, 3.63) is 54.0 Å². The number of aromatic amines is 1. The van der Waals surface area contributed by atoms with Gasteiger partial charge in [-0.2, -0.15) is 5.10 Å². The number of H-pyrrole nitrogens is 1. The minimum atomic E-state index is -0.443. The molecule has 23 heavy (non-hydrogen) atoms. The number of fused-ring (bicyclic) bond motifs is 3. The van der Waals surface area contributed by atoms with Gasteiger partial charge in [0.25, 0.3) is 0 Å². The van der Waals surface area contributed by atoms with Gasteiger partial charge in [-0.25, -0.2) is 4.39 Å². The normalized spacial score (nSPS) is 12.9. The van der Waals surface area contributed by atoms with Gasteiger partial charge in [-0.05, 0) is 30.7 Å². The third-order valence-electron chi connectivity index (χ3n) is 4.34. The number of nitrogens with zero attached hydrogens (tertiary/aromatic N) is 2.